The fourth-order valence-electron chi connectivity index (χ4n) is 1.45. The number of halogens is 1. The lowest BCUT2D eigenvalue weighted by atomic mass is 10.1. The Balaban J connectivity index is 2.45. The van der Waals surface area contributed by atoms with Gasteiger partial charge in [-0.15, -0.1) is 0 Å². The van der Waals surface area contributed by atoms with Crippen LogP contribution in [0.25, 0.3) is 11.1 Å². The van der Waals surface area contributed by atoms with E-state index in [9.17, 15) is 4.39 Å². The molecule has 1 N–H and O–H groups in total. The van der Waals surface area contributed by atoms with E-state index in [-0.39, 0.29) is 12.4 Å². The number of nitrogens with zero attached hydrogens (tertiary/aromatic N) is 2. The minimum absolute atomic E-state index is 0.149. The first kappa shape index (κ1) is 9.86. The molecule has 15 heavy (non-hydrogen) atoms. The highest BCUT2D eigenvalue weighted by molar-refractivity contribution is 5.62. The molecule has 0 saturated carbocycles. The Hall–Kier alpha value is -1.68. The van der Waals surface area contributed by atoms with E-state index in [0.717, 1.165) is 5.56 Å². The van der Waals surface area contributed by atoms with E-state index in [0.29, 0.717) is 11.1 Å². The molecule has 0 unspecified atom stereocenters. The number of aliphatic hydroxyl groups excluding tert-OH is 1. The SMILES string of the molecule is Cn1cc(-c2ccc(CO)cc2F)cn1. The summed E-state index contributed by atoms with van der Waals surface area (Å²) in [6.07, 6.45) is 3.36. The maximum absolute atomic E-state index is 13.6. The lowest BCUT2D eigenvalue weighted by Crippen LogP contribution is -1.88. The number of hydrogen-bond acceptors (Lipinski definition) is 2. The van der Waals surface area contributed by atoms with Crippen LogP contribution in [0.2, 0.25) is 0 Å². The molecule has 1 aromatic heterocycles. The molecule has 2 aromatic rings. The highest BCUT2D eigenvalue weighted by Gasteiger charge is 2.07. The highest BCUT2D eigenvalue weighted by Crippen LogP contribution is 2.22. The van der Waals surface area contributed by atoms with Crippen LogP contribution in [0.4, 0.5) is 4.39 Å². The molecule has 0 amide bonds. The van der Waals surface area contributed by atoms with E-state index in [1.165, 1.54) is 6.07 Å². The lowest BCUT2D eigenvalue weighted by Gasteiger charge is -2.01. The van der Waals surface area contributed by atoms with E-state index in [4.69, 9.17) is 5.11 Å². The highest BCUT2D eigenvalue weighted by atomic mass is 19.1. The molecule has 4 heteroatoms. The molecule has 0 bridgehead atoms. The van der Waals surface area contributed by atoms with Gasteiger partial charge in [-0.3, -0.25) is 4.68 Å². The smallest absolute Gasteiger partial charge is 0.131 e. The van der Waals surface area contributed by atoms with E-state index in [1.54, 1.807) is 36.3 Å². The summed E-state index contributed by atoms with van der Waals surface area (Å²) in [5, 5.41) is 12.8. The van der Waals surface area contributed by atoms with Crippen LogP contribution < -0.4 is 0 Å². The van der Waals surface area contributed by atoms with Crippen molar-refractivity contribution in [2.45, 2.75) is 6.61 Å². The maximum Gasteiger partial charge on any atom is 0.131 e. The third-order valence-corrected chi connectivity index (χ3v) is 2.23. The Kier molecular flexibility index (Phi) is 2.51. The number of hydrogen-bond donors (Lipinski definition) is 1. The van der Waals surface area contributed by atoms with Gasteiger partial charge in [-0.1, -0.05) is 12.1 Å². The first-order valence-electron chi connectivity index (χ1n) is 4.59. The number of rotatable bonds is 2. The molecule has 0 spiro atoms. The zero-order chi connectivity index (χ0) is 10.8. The van der Waals surface area contributed by atoms with Gasteiger partial charge in [-0.25, -0.2) is 4.39 Å². The molecule has 1 aromatic carbocycles. The van der Waals surface area contributed by atoms with Gasteiger partial charge in [0.2, 0.25) is 0 Å². The van der Waals surface area contributed by atoms with Crippen molar-refractivity contribution < 1.29 is 9.50 Å². The number of aromatic nitrogens is 2. The first-order valence-corrected chi connectivity index (χ1v) is 4.59. The zero-order valence-corrected chi connectivity index (χ0v) is 8.31. The van der Waals surface area contributed by atoms with Crippen molar-refractivity contribution in [1.29, 1.82) is 0 Å². The van der Waals surface area contributed by atoms with Gasteiger partial charge in [0.25, 0.3) is 0 Å². The van der Waals surface area contributed by atoms with Crippen molar-refractivity contribution in [3.8, 4) is 11.1 Å². The van der Waals surface area contributed by atoms with Gasteiger partial charge in [0.1, 0.15) is 5.82 Å². The number of aliphatic hydroxyl groups is 1. The topological polar surface area (TPSA) is 38.0 Å². The van der Waals surface area contributed by atoms with Gasteiger partial charge in [-0.05, 0) is 11.6 Å². The fraction of sp³-hybridized carbons (Fsp3) is 0.182. The molecule has 1 heterocycles. The zero-order valence-electron chi connectivity index (χ0n) is 8.31. The first-order chi connectivity index (χ1) is 7.20. The van der Waals surface area contributed by atoms with Crippen molar-refractivity contribution in [2.24, 2.45) is 7.05 Å². The van der Waals surface area contributed by atoms with Crippen molar-refractivity contribution in [3.05, 3.63) is 42.0 Å². The predicted molar refractivity (Wildman–Crippen MR) is 54.5 cm³/mol. The van der Waals surface area contributed by atoms with Gasteiger partial charge in [-0.2, -0.15) is 5.10 Å². The monoisotopic (exact) mass is 206 g/mol. The maximum atomic E-state index is 13.6. The molecule has 0 atom stereocenters. The molecule has 0 aliphatic heterocycles. The van der Waals surface area contributed by atoms with Crippen LogP contribution in [0.5, 0.6) is 0 Å². The molecule has 2 rings (SSSR count). The van der Waals surface area contributed by atoms with Crippen LogP contribution in [0, 0.1) is 5.82 Å². The minimum Gasteiger partial charge on any atom is -0.392 e. The molecule has 3 nitrogen and oxygen atoms in total. The predicted octanol–water partition coefficient (Wildman–Crippen LogP) is 1.72. The van der Waals surface area contributed by atoms with Crippen LogP contribution in [0.1, 0.15) is 5.56 Å². The summed E-state index contributed by atoms with van der Waals surface area (Å²) < 4.78 is 15.2. The average molecular weight is 206 g/mol. The summed E-state index contributed by atoms with van der Waals surface area (Å²) in [7, 11) is 1.78. The summed E-state index contributed by atoms with van der Waals surface area (Å²) in [6.45, 7) is -0.149. The van der Waals surface area contributed by atoms with Crippen molar-refractivity contribution >= 4 is 0 Å². The lowest BCUT2D eigenvalue weighted by molar-refractivity contribution is 0.281. The Morgan fingerprint density at radius 3 is 2.80 bits per heavy atom. The third kappa shape index (κ3) is 1.89. The fourth-order valence-corrected chi connectivity index (χ4v) is 1.45. The van der Waals surface area contributed by atoms with Gasteiger partial charge < -0.3 is 5.11 Å². The van der Waals surface area contributed by atoms with E-state index in [1.807, 2.05) is 0 Å². The van der Waals surface area contributed by atoms with Crippen LogP contribution in [-0.4, -0.2) is 14.9 Å². The summed E-state index contributed by atoms with van der Waals surface area (Å²) in [4.78, 5) is 0. The van der Waals surface area contributed by atoms with Gasteiger partial charge in [0, 0.05) is 24.4 Å². The number of benzene rings is 1. The normalized spacial score (nSPS) is 10.6. The van der Waals surface area contributed by atoms with Crippen LogP contribution >= 0.6 is 0 Å². The Morgan fingerprint density at radius 2 is 2.27 bits per heavy atom. The Morgan fingerprint density at radius 1 is 1.47 bits per heavy atom. The van der Waals surface area contributed by atoms with Crippen molar-refractivity contribution in [1.82, 2.24) is 9.78 Å². The van der Waals surface area contributed by atoms with Gasteiger partial charge in [0.15, 0.2) is 0 Å². The summed E-state index contributed by atoms with van der Waals surface area (Å²) >= 11 is 0. The van der Waals surface area contributed by atoms with Crippen molar-refractivity contribution in [2.75, 3.05) is 0 Å². The minimum atomic E-state index is -0.338. The van der Waals surface area contributed by atoms with Gasteiger partial charge >= 0.3 is 0 Å². The molecule has 78 valence electrons. The van der Waals surface area contributed by atoms with E-state index in [2.05, 4.69) is 5.10 Å². The largest absolute Gasteiger partial charge is 0.392 e. The standard InChI is InChI=1S/C11H11FN2O/c1-14-6-9(5-13-14)10-3-2-8(7-15)4-11(10)12/h2-6,15H,7H2,1H3. The quantitative estimate of drug-likeness (QED) is 0.812. The average Bonchev–Trinajstić information content (AvgIpc) is 2.64. The second-order valence-electron chi connectivity index (χ2n) is 3.37. The van der Waals surface area contributed by atoms with Crippen LogP contribution in [-0.2, 0) is 13.7 Å². The van der Waals surface area contributed by atoms with Crippen LogP contribution in [0.15, 0.2) is 30.6 Å². The molecule has 0 fully saturated rings. The van der Waals surface area contributed by atoms with Crippen molar-refractivity contribution in [3.63, 3.8) is 0 Å². The molecular formula is C11H11FN2O. The molecule has 0 saturated heterocycles. The second-order valence-corrected chi connectivity index (χ2v) is 3.37. The van der Waals surface area contributed by atoms with E-state index < -0.39 is 0 Å². The molecule has 0 radical (unpaired) electrons. The Labute approximate surface area is 86.8 Å². The van der Waals surface area contributed by atoms with Crippen LogP contribution in [0.3, 0.4) is 0 Å². The molecule has 0 aliphatic carbocycles. The molecular weight excluding hydrogens is 195 g/mol. The summed E-state index contributed by atoms with van der Waals surface area (Å²) in [6, 6.07) is 4.69. The summed E-state index contributed by atoms with van der Waals surface area (Å²) in [5.41, 5.74) is 1.81. The Bertz CT molecular complexity index is 479. The third-order valence-electron chi connectivity index (χ3n) is 2.23. The molecule has 0 aliphatic rings. The number of aryl methyl sites for hydroxylation is 1. The summed E-state index contributed by atoms with van der Waals surface area (Å²) in [5.74, 6) is -0.338. The second kappa shape index (κ2) is 3.82. The van der Waals surface area contributed by atoms with E-state index >= 15 is 0 Å². The van der Waals surface area contributed by atoms with Gasteiger partial charge in [0.05, 0.1) is 12.8 Å².